The van der Waals surface area contributed by atoms with E-state index in [0.29, 0.717) is 19.8 Å². The van der Waals surface area contributed by atoms with Crippen molar-refractivity contribution in [1.29, 1.82) is 0 Å². The van der Waals surface area contributed by atoms with Gasteiger partial charge in [-0.25, -0.2) is 0 Å². The van der Waals surface area contributed by atoms with Gasteiger partial charge in [-0.2, -0.15) is 0 Å². The Morgan fingerprint density at radius 3 is 2.58 bits per heavy atom. The van der Waals surface area contributed by atoms with Crippen molar-refractivity contribution in [2.45, 2.75) is 32.7 Å². The predicted octanol–water partition coefficient (Wildman–Crippen LogP) is 2.05. The molecule has 0 bridgehead atoms. The zero-order valence-electron chi connectivity index (χ0n) is 11.6. The second-order valence-electron chi connectivity index (χ2n) is 4.34. The van der Waals surface area contributed by atoms with Crippen molar-refractivity contribution in [3.05, 3.63) is 35.4 Å². The molecule has 0 radical (unpaired) electrons. The maximum Gasteiger partial charge on any atom is 0.310 e. The van der Waals surface area contributed by atoms with E-state index >= 15 is 0 Å². The molecule has 0 spiro atoms. The first-order valence-electron chi connectivity index (χ1n) is 6.78. The van der Waals surface area contributed by atoms with Gasteiger partial charge >= 0.3 is 5.97 Å². The maximum atomic E-state index is 11.7. The van der Waals surface area contributed by atoms with Crippen LogP contribution >= 0.6 is 0 Å². The van der Waals surface area contributed by atoms with Gasteiger partial charge in [0.25, 0.3) is 0 Å². The Balaban J connectivity index is 2.23. The maximum absolute atomic E-state index is 11.7. The van der Waals surface area contributed by atoms with E-state index < -0.39 is 0 Å². The molecule has 0 aromatic heterocycles. The molecule has 4 heteroatoms. The minimum Gasteiger partial charge on any atom is -0.463 e. The molecule has 0 saturated heterocycles. The number of hydrogen-bond donors (Lipinski definition) is 1. The van der Waals surface area contributed by atoms with Gasteiger partial charge in [0.2, 0.25) is 0 Å². The van der Waals surface area contributed by atoms with Crippen molar-refractivity contribution in [2.24, 2.45) is 5.73 Å². The fourth-order valence-corrected chi connectivity index (χ4v) is 1.70. The largest absolute Gasteiger partial charge is 0.463 e. The van der Waals surface area contributed by atoms with Gasteiger partial charge in [0.05, 0.1) is 13.0 Å². The van der Waals surface area contributed by atoms with Crippen LogP contribution in [0.2, 0.25) is 0 Å². The second-order valence-corrected chi connectivity index (χ2v) is 4.34. The Morgan fingerprint density at radius 1 is 1.16 bits per heavy atom. The number of carbonyl (C=O) groups excluding carboxylic acids is 1. The van der Waals surface area contributed by atoms with Crippen molar-refractivity contribution in [3.8, 4) is 0 Å². The molecule has 19 heavy (non-hydrogen) atoms. The summed E-state index contributed by atoms with van der Waals surface area (Å²) in [5, 5.41) is 0. The molecule has 0 aliphatic heterocycles. The molecule has 0 heterocycles. The summed E-state index contributed by atoms with van der Waals surface area (Å²) < 4.78 is 10.4. The van der Waals surface area contributed by atoms with Crippen molar-refractivity contribution >= 4 is 5.97 Å². The van der Waals surface area contributed by atoms with Crippen LogP contribution in [0.1, 0.15) is 30.9 Å². The van der Waals surface area contributed by atoms with Crippen LogP contribution < -0.4 is 5.73 Å². The fourth-order valence-electron chi connectivity index (χ4n) is 1.70. The number of unbranched alkanes of at least 4 members (excludes halogenated alkanes) is 1. The van der Waals surface area contributed by atoms with Gasteiger partial charge in [-0.3, -0.25) is 4.79 Å². The van der Waals surface area contributed by atoms with E-state index in [9.17, 15) is 4.79 Å². The third-order valence-corrected chi connectivity index (χ3v) is 2.81. The van der Waals surface area contributed by atoms with Crippen LogP contribution in [-0.2, 0) is 27.2 Å². The summed E-state index contributed by atoms with van der Waals surface area (Å²) in [6.45, 7) is 4.05. The van der Waals surface area contributed by atoms with Crippen molar-refractivity contribution < 1.29 is 14.3 Å². The smallest absolute Gasteiger partial charge is 0.310 e. The lowest BCUT2D eigenvalue weighted by Crippen LogP contribution is -2.14. The number of esters is 1. The quantitative estimate of drug-likeness (QED) is 0.548. The molecule has 0 fully saturated rings. The SMILES string of the molecule is CCCCOCCOC(=O)Cc1ccccc1CN. The lowest BCUT2D eigenvalue weighted by Gasteiger charge is -2.08. The average Bonchev–Trinajstić information content (AvgIpc) is 2.43. The molecular weight excluding hydrogens is 242 g/mol. The summed E-state index contributed by atoms with van der Waals surface area (Å²) in [6, 6.07) is 7.64. The monoisotopic (exact) mass is 265 g/mol. The van der Waals surface area contributed by atoms with Crippen LogP contribution in [0.4, 0.5) is 0 Å². The summed E-state index contributed by atoms with van der Waals surface area (Å²) >= 11 is 0. The molecule has 0 saturated carbocycles. The van der Waals surface area contributed by atoms with E-state index in [1.54, 1.807) is 0 Å². The highest BCUT2D eigenvalue weighted by Gasteiger charge is 2.07. The first-order chi connectivity index (χ1) is 9.27. The second kappa shape index (κ2) is 9.53. The van der Waals surface area contributed by atoms with Crippen molar-refractivity contribution in [2.75, 3.05) is 19.8 Å². The lowest BCUT2D eigenvalue weighted by atomic mass is 10.1. The Bertz CT molecular complexity index is 379. The highest BCUT2D eigenvalue weighted by atomic mass is 16.6. The van der Waals surface area contributed by atoms with Crippen LogP contribution in [0.3, 0.4) is 0 Å². The van der Waals surface area contributed by atoms with E-state index in [1.807, 2.05) is 24.3 Å². The first-order valence-corrected chi connectivity index (χ1v) is 6.78. The molecule has 0 atom stereocenters. The Kier molecular flexibility index (Phi) is 7.86. The van der Waals surface area contributed by atoms with Crippen LogP contribution in [-0.4, -0.2) is 25.8 Å². The molecule has 106 valence electrons. The van der Waals surface area contributed by atoms with E-state index in [0.717, 1.165) is 30.6 Å². The number of ether oxygens (including phenoxy) is 2. The van der Waals surface area contributed by atoms with Crippen LogP contribution in [0.15, 0.2) is 24.3 Å². The Hall–Kier alpha value is -1.39. The molecule has 0 amide bonds. The summed E-state index contributed by atoms with van der Waals surface area (Å²) in [5.41, 5.74) is 7.54. The minimum atomic E-state index is -0.236. The van der Waals surface area contributed by atoms with Crippen LogP contribution in [0, 0.1) is 0 Å². The molecule has 0 unspecified atom stereocenters. The molecule has 2 N–H and O–H groups in total. The Labute approximate surface area is 114 Å². The zero-order chi connectivity index (χ0) is 13.9. The van der Waals surface area contributed by atoms with Gasteiger partial charge in [0.1, 0.15) is 6.61 Å². The third kappa shape index (κ3) is 6.36. The summed E-state index contributed by atoms with van der Waals surface area (Å²) in [5.74, 6) is -0.236. The summed E-state index contributed by atoms with van der Waals surface area (Å²) in [4.78, 5) is 11.7. The number of benzene rings is 1. The molecular formula is C15H23NO3. The van der Waals surface area contributed by atoms with Gasteiger partial charge in [-0.05, 0) is 17.5 Å². The molecule has 4 nitrogen and oxygen atoms in total. The summed E-state index contributed by atoms with van der Waals surface area (Å²) in [6.07, 6.45) is 2.41. The summed E-state index contributed by atoms with van der Waals surface area (Å²) in [7, 11) is 0. The van der Waals surface area contributed by atoms with E-state index in [4.69, 9.17) is 15.2 Å². The predicted molar refractivity (Wildman–Crippen MR) is 74.7 cm³/mol. The molecule has 1 aromatic rings. The number of nitrogens with two attached hydrogens (primary N) is 1. The van der Waals surface area contributed by atoms with Crippen LogP contribution in [0.25, 0.3) is 0 Å². The minimum absolute atomic E-state index is 0.236. The third-order valence-electron chi connectivity index (χ3n) is 2.81. The van der Waals surface area contributed by atoms with Crippen molar-refractivity contribution in [1.82, 2.24) is 0 Å². The standard InChI is InChI=1S/C15H23NO3/c1-2-3-8-18-9-10-19-15(17)11-13-6-4-5-7-14(13)12-16/h4-7H,2-3,8-12,16H2,1H3. The fraction of sp³-hybridized carbons (Fsp3) is 0.533. The van der Waals surface area contributed by atoms with Gasteiger partial charge in [0, 0.05) is 13.2 Å². The van der Waals surface area contributed by atoms with Gasteiger partial charge in [0.15, 0.2) is 0 Å². The van der Waals surface area contributed by atoms with Gasteiger partial charge in [-0.15, -0.1) is 0 Å². The van der Waals surface area contributed by atoms with Crippen molar-refractivity contribution in [3.63, 3.8) is 0 Å². The van der Waals surface area contributed by atoms with Crippen LogP contribution in [0.5, 0.6) is 0 Å². The molecule has 1 rings (SSSR count). The lowest BCUT2D eigenvalue weighted by molar-refractivity contribution is -0.144. The first kappa shape index (κ1) is 15.7. The van der Waals surface area contributed by atoms with Gasteiger partial charge in [-0.1, -0.05) is 37.6 Å². The van der Waals surface area contributed by atoms with E-state index in [2.05, 4.69) is 6.92 Å². The Morgan fingerprint density at radius 2 is 1.89 bits per heavy atom. The van der Waals surface area contributed by atoms with Gasteiger partial charge < -0.3 is 15.2 Å². The number of hydrogen-bond acceptors (Lipinski definition) is 4. The zero-order valence-corrected chi connectivity index (χ0v) is 11.6. The van der Waals surface area contributed by atoms with E-state index in [1.165, 1.54) is 0 Å². The topological polar surface area (TPSA) is 61.5 Å². The number of carbonyl (C=O) groups is 1. The molecule has 1 aromatic carbocycles. The number of rotatable bonds is 9. The normalized spacial score (nSPS) is 10.4. The molecule has 0 aliphatic rings. The highest BCUT2D eigenvalue weighted by Crippen LogP contribution is 2.09. The molecule has 0 aliphatic carbocycles. The average molecular weight is 265 g/mol. The van der Waals surface area contributed by atoms with E-state index in [-0.39, 0.29) is 12.4 Å². The highest BCUT2D eigenvalue weighted by molar-refractivity contribution is 5.73.